The molecule has 1 saturated heterocycles. The molecular weight excluding hydrogens is 450 g/mol. The Morgan fingerprint density at radius 2 is 1.61 bits per heavy atom. The Morgan fingerprint density at radius 1 is 0.939 bits per heavy atom. The summed E-state index contributed by atoms with van der Waals surface area (Å²) in [5.74, 6) is 1.36. The molecule has 1 amide bonds. The molecule has 5 nitrogen and oxygen atoms in total. The average molecular weight is 474 g/mol. The summed E-state index contributed by atoms with van der Waals surface area (Å²) >= 11 is 3.46. The van der Waals surface area contributed by atoms with E-state index in [1.807, 2.05) is 53.4 Å². The molecule has 4 aromatic rings. The molecule has 3 aromatic carbocycles. The van der Waals surface area contributed by atoms with Crippen LogP contribution in [-0.4, -0.2) is 48.2 Å². The summed E-state index contributed by atoms with van der Waals surface area (Å²) in [5.41, 5.74) is 2.97. The number of thioether (sulfide) groups is 1. The molecule has 2 aliphatic rings. The maximum atomic E-state index is 13.8. The third-order valence-electron chi connectivity index (χ3n) is 6.38. The largest absolute Gasteiger partial charge is 0.457 e. The van der Waals surface area contributed by atoms with Gasteiger partial charge < -0.3 is 14.5 Å². The molecule has 0 bridgehead atoms. The number of rotatable bonds is 3. The number of piperazine rings is 1. The molecule has 3 heterocycles. The van der Waals surface area contributed by atoms with E-state index in [1.165, 1.54) is 9.60 Å². The molecule has 2 aliphatic heterocycles. The van der Waals surface area contributed by atoms with E-state index in [-0.39, 0.29) is 11.8 Å². The number of hydrogen-bond donors (Lipinski definition) is 0. The second kappa shape index (κ2) is 8.39. The van der Waals surface area contributed by atoms with Gasteiger partial charge in [-0.1, -0.05) is 53.8 Å². The summed E-state index contributed by atoms with van der Waals surface area (Å²) in [4.78, 5) is 24.2. The lowest BCUT2D eigenvalue weighted by molar-refractivity contribution is -0.132. The van der Waals surface area contributed by atoms with Crippen LogP contribution in [0.1, 0.15) is 17.0 Å². The molecule has 1 fully saturated rings. The summed E-state index contributed by atoms with van der Waals surface area (Å²) in [7, 11) is 0. The van der Waals surface area contributed by atoms with Crippen LogP contribution in [0.2, 0.25) is 0 Å². The van der Waals surface area contributed by atoms with Crippen LogP contribution < -0.4 is 9.64 Å². The molecule has 0 unspecified atom stereocenters. The standard InChI is InChI=1S/C26H23N3O2S2/c1-32-21-11-6-12-22-24(21)27-26(33-22)29-15-13-28(14-16-29)25(30)23-17-7-2-4-9-19(17)31-20-10-5-3-8-18(20)23/h2-12,23H,13-16H2,1H3. The summed E-state index contributed by atoms with van der Waals surface area (Å²) in [5, 5.41) is 1.04. The number of carbonyl (C=O) groups is 1. The van der Waals surface area contributed by atoms with E-state index in [4.69, 9.17) is 9.72 Å². The van der Waals surface area contributed by atoms with Crippen molar-refractivity contribution in [3.05, 3.63) is 77.9 Å². The molecule has 0 saturated carbocycles. The Kier molecular flexibility index (Phi) is 5.23. The summed E-state index contributed by atoms with van der Waals surface area (Å²) in [6, 6.07) is 22.1. The first-order chi connectivity index (χ1) is 16.2. The lowest BCUT2D eigenvalue weighted by Crippen LogP contribution is -2.50. The fraction of sp³-hybridized carbons (Fsp3) is 0.231. The maximum Gasteiger partial charge on any atom is 0.234 e. The van der Waals surface area contributed by atoms with Crippen LogP contribution in [0.4, 0.5) is 5.13 Å². The second-order valence-electron chi connectivity index (χ2n) is 8.23. The molecule has 0 N–H and O–H groups in total. The number of benzene rings is 3. The van der Waals surface area contributed by atoms with Crippen LogP contribution in [-0.2, 0) is 4.79 Å². The van der Waals surface area contributed by atoms with Gasteiger partial charge in [0.1, 0.15) is 11.5 Å². The Labute approximate surface area is 201 Å². The van der Waals surface area contributed by atoms with Crippen LogP contribution in [0.25, 0.3) is 10.2 Å². The van der Waals surface area contributed by atoms with Gasteiger partial charge in [-0.2, -0.15) is 0 Å². The first-order valence-electron chi connectivity index (χ1n) is 11.1. The first kappa shape index (κ1) is 20.6. The van der Waals surface area contributed by atoms with E-state index in [0.29, 0.717) is 13.1 Å². The van der Waals surface area contributed by atoms with E-state index in [0.717, 1.165) is 46.4 Å². The van der Waals surface area contributed by atoms with Crippen LogP contribution in [0.3, 0.4) is 0 Å². The van der Waals surface area contributed by atoms with Crippen LogP contribution in [0.5, 0.6) is 11.5 Å². The molecular formula is C26H23N3O2S2. The number of fused-ring (bicyclic) bond motifs is 3. The molecule has 166 valence electrons. The van der Waals surface area contributed by atoms with Crippen molar-refractivity contribution in [2.45, 2.75) is 10.8 Å². The van der Waals surface area contributed by atoms with Gasteiger partial charge in [-0.25, -0.2) is 4.98 Å². The Hall–Kier alpha value is -3.03. The number of amides is 1. The zero-order valence-electron chi connectivity index (χ0n) is 18.2. The molecule has 0 aliphatic carbocycles. The van der Waals surface area contributed by atoms with Gasteiger partial charge in [0.05, 0.1) is 16.1 Å². The number of carbonyl (C=O) groups excluding carboxylic acids is 1. The van der Waals surface area contributed by atoms with Crippen molar-refractivity contribution < 1.29 is 9.53 Å². The molecule has 1 aromatic heterocycles. The van der Waals surface area contributed by atoms with Crippen molar-refractivity contribution in [1.82, 2.24) is 9.88 Å². The molecule has 0 spiro atoms. The van der Waals surface area contributed by atoms with Crippen LogP contribution in [0.15, 0.2) is 71.6 Å². The predicted molar refractivity (Wildman–Crippen MR) is 135 cm³/mol. The minimum absolute atomic E-state index is 0.145. The first-order valence-corrected chi connectivity index (χ1v) is 13.1. The molecule has 7 heteroatoms. The Bertz CT molecular complexity index is 1300. The van der Waals surface area contributed by atoms with Crippen LogP contribution >= 0.6 is 23.1 Å². The lowest BCUT2D eigenvalue weighted by atomic mass is 9.86. The zero-order valence-corrected chi connectivity index (χ0v) is 19.9. The maximum absolute atomic E-state index is 13.8. The van der Waals surface area contributed by atoms with E-state index < -0.39 is 0 Å². The van der Waals surface area contributed by atoms with Gasteiger partial charge in [-0.15, -0.1) is 11.8 Å². The Balaban J connectivity index is 1.24. The number of nitrogens with zero attached hydrogens (tertiary/aromatic N) is 3. The van der Waals surface area contributed by atoms with Crippen molar-refractivity contribution in [3.63, 3.8) is 0 Å². The monoisotopic (exact) mass is 473 g/mol. The van der Waals surface area contributed by atoms with E-state index in [9.17, 15) is 4.79 Å². The SMILES string of the molecule is CSc1cccc2sc(N3CCN(C(=O)C4c5ccccc5Oc5ccccc54)CC3)nc12. The van der Waals surface area contributed by atoms with Gasteiger partial charge in [0.2, 0.25) is 5.91 Å². The minimum Gasteiger partial charge on any atom is -0.457 e. The lowest BCUT2D eigenvalue weighted by Gasteiger charge is -2.37. The van der Waals surface area contributed by atoms with Gasteiger partial charge in [0.25, 0.3) is 0 Å². The van der Waals surface area contributed by atoms with Crippen molar-refractivity contribution in [1.29, 1.82) is 0 Å². The number of ether oxygens (including phenoxy) is 1. The highest BCUT2D eigenvalue weighted by molar-refractivity contribution is 7.98. The highest BCUT2D eigenvalue weighted by Crippen LogP contribution is 2.45. The smallest absolute Gasteiger partial charge is 0.234 e. The summed E-state index contributed by atoms with van der Waals surface area (Å²) < 4.78 is 7.29. The molecule has 0 radical (unpaired) electrons. The van der Waals surface area contributed by atoms with Crippen molar-refractivity contribution in [3.8, 4) is 11.5 Å². The fourth-order valence-corrected chi connectivity index (χ4v) is 6.36. The van der Waals surface area contributed by atoms with E-state index in [2.05, 4.69) is 29.4 Å². The van der Waals surface area contributed by atoms with Crippen molar-refractivity contribution in [2.75, 3.05) is 37.3 Å². The summed E-state index contributed by atoms with van der Waals surface area (Å²) in [6.45, 7) is 2.94. The van der Waals surface area contributed by atoms with Crippen LogP contribution in [0, 0.1) is 0 Å². The van der Waals surface area contributed by atoms with Gasteiger partial charge in [-0.3, -0.25) is 4.79 Å². The molecule has 33 heavy (non-hydrogen) atoms. The fourth-order valence-electron chi connectivity index (χ4n) is 4.69. The predicted octanol–water partition coefficient (Wildman–Crippen LogP) is 5.60. The number of anilines is 1. The third-order valence-corrected chi connectivity index (χ3v) is 8.23. The number of hydrogen-bond acceptors (Lipinski definition) is 6. The van der Waals surface area contributed by atoms with Crippen molar-refractivity contribution in [2.24, 2.45) is 0 Å². The highest BCUT2D eigenvalue weighted by atomic mass is 32.2. The van der Waals surface area contributed by atoms with Gasteiger partial charge in [0.15, 0.2) is 5.13 Å². The van der Waals surface area contributed by atoms with E-state index >= 15 is 0 Å². The van der Waals surface area contributed by atoms with Gasteiger partial charge in [-0.05, 0) is 30.5 Å². The number of aromatic nitrogens is 1. The summed E-state index contributed by atoms with van der Waals surface area (Å²) in [6.07, 6.45) is 2.09. The van der Waals surface area contributed by atoms with Gasteiger partial charge in [0, 0.05) is 42.2 Å². The number of thiazole rings is 1. The second-order valence-corrected chi connectivity index (χ2v) is 10.1. The third kappa shape index (κ3) is 3.56. The average Bonchev–Trinajstić information content (AvgIpc) is 3.31. The van der Waals surface area contributed by atoms with E-state index in [1.54, 1.807) is 23.1 Å². The topological polar surface area (TPSA) is 45.7 Å². The normalized spacial score (nSPS) is 15.8. The zero-order chi connectivity index (χ0) is 22.4. The molecule has 0 atom stereocenters. The van der Waals surface area contributed by atoms with Gasteiger partial charge >= 0.3 is 0 Å². The van der Waals surface area contributed by atoms with Crippen molar-refractivity contribution >= 4 is 44.4 Å². The Morgan fingerprint density at radius 3 is 2.27 bits per heavy atom. The number of para-hydroxylation sites is 3. The molecule has 6 rings (SSSR count). The highest BCUT2D eigenvalue weighted by Gasteiger charge is 2.36. The quantitative estimate of drug-likeness (QED) is 0.362. The minimum atomic E-state index is -0.329.